The number of aryl methyl sites for hydroxylation is 1. The average molecular weight is 294 g/mol. The molecule has 0 bridgehead atoms. The first-order valence-electron chi connectivity index (χ1n) is 6.81. The molecule has 0 saturated heterocycles. The Kier molecular flexibility index (Phi) is 3.91. The first-order valence-corrected chi connectivity index (χ1v) is 6.81. The molecule has 3 aromatic rings. The highest BCUT2D eigenvalue weighted by Crippen LogP contribution is 2.16. The maximum Gasteiger partial charge on any atom is 0.316 e. The summed E-state index contributed by atoms with van der Waals surface area (Å²) in [4.78, 5) is 20.2. The van der Waals surface area contributed by atoms with Gasteiger partial charge < -0.3 is 9.84 Å². The predicted octanol–water partition coefficient (Wildman–Crippen LogP) is 2.37. The molecule has 0 aliphatic rings. The van der Waals surface area contributed by atoms with Crippen LogP contribution < -0.4 is 5.32 Å². The van der Waals surface area contributed by atoms with Crippen LogP contribution in [0, 0.1) is 6.92 Å². The number of benzene rings is 1. The molecule has 6 heteroatoms. The second-order valence-electron chi connectivity index (χ2n) is 4.80. The highest BCUT2D eigenvalue weighted by atomic mass is 16.5. The van der Waals surface area contributed by atoms with E-state index in [1.807, 2.05) is 49.4 Å². The van der Waals surface area contributed by atoms with Gasteiger partial charge in [-0.1, -0.05) is 35.0 Å². The van der Waals surface area contributed by atoms with E-state index in [4.69, 9.17) is 4.52 Å². The van der Waals surface area contributed by atoms with E-state index in [1.54, 1.807) is 6.20 Å². The van der Waals surface area contributed by atoms with Crippen LogP contribution in [0.2, 0.25) is 0 Å². The number of hydrogen-bond acceptors (Lipinski definition) is 5. The molecule has 2 aromatic heterocycles. The van der Waals surface area contributed by atoms with Crippen molar-refractivity contribution in [1.82, 2.24) is 20.4 Å². The van der Waals surface area contributed by atoms with E-state index in [-0.39, 0.29) is 5.89 Å². The minimum absolute atomic E-state index is 0.0626. The summed E-state index contributed by atoms with van der Waals surface area (Å²) in [6.45, 7) is 2.28. The minimum Gasteiger partial charge on any atom is -0.342 e. The molecular weight excluding hydrogens is 280 g/mol. The third kappa shape index (κ3) is 3.17. The van der Waals surface area contributed by atoms with E-state index in [1.165, 1.54) is 0 Å². The van der Waals surface area contributed by atoms with Gasteiger partial charge in [0.2, 0.25) is 5.82 Å². The topological polar surface area (TPSA) is 80.9 Å². The van der Waals surface area contributed by atoms with Crippen LogP contribution in [0.25, 0.3) is 11.4 Å². The third-order valence-electron chi connectivity index (χ3n) is 3.05. The van der Waals surface area contributed by atoms with Gasteiger partial charge in [0.25, 0.3) is 0 Å². The number of rotatable bonds is 4. The second kappa shape index (κ2) is 6.17. The first kappa shape index (κ1) is 13.9. The van der Waals surface area contributed by atoms with E-state index in [0.717, 1.165) is 16.8 Å². The fraction of sp³-hybridized carbons (Fsp3) is 0.125. The van der Waals surface area contributed by atoms with E-state index in [0.29, 0.717) is 12.4 Å². The molecule has 0 saturated carbocycles. The molecule has 22 heavy (non-hydrogen) atoms. The van der Waals surface area contributed by atoms with Gasteiger partial charge >= 0.3 is 11.8 Å². The quantitative estimate of drug-likeness (QED) is 0.799. The van der Waals surface area contributed by atoms with Crippen LogP contribution in [0.5, 0.6) is 0 Å². The molecule has 0 unspecified atom stereocenters. The molecule has 1 N–H and O–H groups in total. The van der Waals surface area contributed by atoms with Gasteiger partial charge in [0.15, 0.2) is 0 Å². The first-order chi connectivity index (χ1) is 10.7. The van der Waals surface area contributed by atoms with Crippen molar-refractivity contribution in [2.75, 3.05) is 0 Å². The van der Waals surface area contributed by atoms with Crippen molar-refractivity contribution in [3.8, 4) is 11.4 Å². The summed E-state index contributed by atoms with van der Waals surface area (Å²) >= 11 is 0. The Bertz CT molecular complexity index is 784. The molecule has 0 aliphatic heterocycles. The maximum atomic E-state index is 12.0. The smallest absolute Gasteiger partial charge is 0.316 e. The van der Waals surface area contributed by atoms with Crippen LogP contribution in [-0.4, -0.2) is 21.0 Å². The molecule has 0 fully saturated rings. The Morgan fingerprint density at radius 2 is 2.14 bits per heavy atom. The van der Waals surface area contributed by atoms with Crippen LogP contribution in [0.1, 0.15) is 21.9 Å². The lowest BCUT2D eigenvalue weighted by molar-refractivity contribution is 0.0906. The molecular formula is C16H14N4O2. The lowest BCUT2D eigenvalue weighted by atomic mass is 10.1. The van der Waals surface area contributed by atoms with Gasteiger partial charge in [-0.3, -0.25) is 9.78 Å². The van der Waals surface area contributed by atoms with Crippen molar-refractivity contribution < 1.29 is 9.32 Å². The summed E-state index contributed by atoms with van der Waals surface area (Å²) < 4.78 is 5.02. The van der Waals surface area contributed by atoms with Crippen molar-refractivity contribution in [2.45, 2.75) is 13.5 Å². The number of amides is 1. The van der Waals surface area contributed by atoms with Crippen molar-refractivity contribution in [3.63, 3.8) is 0 Å². The number of aromatic nitrogens is 3. The van der Waals surface area contributed by atoms with E-state index in [9.17, 15) is 4.79 Å². The molecule has 0 atom stereocenters. The van der Waals surface area contributed by atoms with Crippen molar-refractivity contribution >= 4 is 5.91 Å². The van der Waals surface area contributed by atoms with Crippen LogP contribution in [0.4, 0.5) is 0 Å². The lowest BCUT2D eigenvalue weighted by Crippen LogP contribution is -2.23. The van der Waals surface area contributed by atoms with Gasteiger partial charge in [0, 0.05) is 11.8 Å². The summed E-state index contributed by atoms with van der Waals surface area (Å²) in [7, 11) is 0. The summed E-state index contributed by atoms with van der Waals surface area (Å²) in [6, 6.07) is 13.2. The van der Waals surface area contributed by atoms with Gasteiger partial charge in [-0.2, -0.15) is 4.98 Å². The van der Waals surface area contributed by atoms with Crippen LogP contribution in [0.3, 0.4) is 0 Å². The Labute approximate surface area is 127 Å². The summed E-state index contributed by atoms with van der Waals surface area (Å²) in [5.74, 6) is -0.0869. The van der Waals surface area contributed by atoms with Gasteiger partial charge in [0.1, 0.15) is 0 Å². The molecule has 110 valence electrons. The molecule has 0 radical (unpaired) electrons. The molecule has 3 rings (SSSR count). The van der Waals surface area contributed by atoms with Gasteiger partial charge in [-0.15, -0.1) is 0 Å². The molecule has 1 amide bonds. The fourth-order valence-corrected chi connectivity index (χ4v) is 1.97. The third-order valence-corrected chi connectivity index (χ3v) is 3.05. The summed E-state index contributed by atoms with van der Waals surface area (Å²) in [5.41, 5.74) is 2.66. The second-order valence-corrected chi connectivity index (χ2v) is 4.80. The van der Waals surface area contributed by atoms with Gasteiger partial charge in [-0.25, -0.2) is 0 Å². The molecule has 2 heterocycles. The number of pyridine rings is 1. The largest absolute Gasteiger partial charge is 0.342 e. The Morgan fingerprint density at radius 3 is 2.91 bits per heavy atom. The lowest BCUT2D eigenvalue weighted by Gasteiger charge is -2.00. The Morgan fingerprint density at radius 1 is 1.23 bits per heavy atom. The predicted molar refractivity (Wildman–Crippen MR) is 79.9 cm³/mol. The zero-order valence-corrected chi connectivity index (χ0v) is 12.0. The molecule has 6 nitrogen and oxygen atoms in total. The van der Waals surface area contributed by atoms with Crippen molar-refractivity contribution in [2.24, 2.45) is 0 Å². The molecule has 1 aromatic carbocycles. The minimum atomic E-state index is -0.419. The molecule has 0 aliphatic carbocycles. The monoisotopic (exact) mass is 294 g/mol. The van der Waals surface area contributed by atoms with Gasteiger partial charge in [0.05, 0.1) is 12.2 Å². The Hall–Kier alpha value is -3.02. The van der Waals surface area contributed by atoms with Crippen LogP contribution >= 0.6 is 0 Å². The SMILES string of the molecule is Cc1cccc(-c2noc(C(=O)NCc3ccccn3)n2)c1. The Balaban J connectivity index is 1.69. The number of carbonyl (C=O) groups excluding carboxylic acids is 1. The van der Waals surface area contributed by atoms with E-state index in [2.05, 4.69) is 20.4 Å². The van der Waals surface area contributed by atoms with Crippen LogP contribution in [-0.2, 0) is 6.54 Å². The van der Waals surface area contributed by atoms with Crippen molar-refractivity contribution in [1.29, 1.82) is 0 Å². The molecule has 0 spiro atoms. The summed E-state index contributed by atoms with van der Waals surface area (Å²) in [6.07, 6.45) is 1.67. The number of carbonyl (C=O) groups is 1. The van der Waals surface area contributed by atoms with E-state index < -0.39 is 5.91 Å². The summed E-state index contributed by atoms with van der Waals surface area (Å²) in [5, 5.41) is 6.53. The number of hydrogen-bond donors (Lipinski definition) is 1. The fourth-order valence-electron chi connectivity index (χ4n) is 1.97. The highest BCUT2D eigenvalue weighted by molar-refractivity contribution is 5.89. The van der Waals surface area contributed by atoms with Crippen molar-refractivity contribution in [3.05, 3.63) is 65.8 Å². The van der Waals surface area contributed by atoms with Crippen LogP contribution in [0.15, 0.2) is 53.2 Å². The average Bonchev–Trinajstić information content (AvgIpc) is 3.04. The highest BCUT2D eigenvalue weighted by Gasteiger charge is 2.15. The normalized spacial score (nSPS) is 10.4. The maximum absolute atomic E-state index is 12.0. The zero-order valence-electron chi connectivity index (χ0n) is 12.0. The van der Waals surface area contributed by atoms with E-state index >= 15 is 0 Å². The number of nitrogens with one attached hydrogen (secondary N) is 1. The van der Waals surface area contributed by atoms with Gasteiger partial charge in [-0.05, 0) is 25.1 Å². The number of nitrogens with zero attached hydrogens (tertiary/aromatic N) is 3. The standard InChI is InChI=1S/C16H14N4O2/c1-11-5-4-6-12(9-11)14-19-16(22-20-14)15(21)18-10-13-7-2-3-8-17-13/h2-9H,10H2,1H3,(H,18,21). The zero-order chi connectivity index (χ0) is 15.4.